The summed E-state index contributed by atoms with van der Waals surface area (Å²) in [7, 11) is 0. The number of nitrogens with one attached hydrogen (secondary N) is 2. The summed E-state index contributed by atoms with van der Waals surface area (Å²) in [6.07, 6.45) is 0.476. The van der Waals surface area contributed by atoms with Crippen molar-refractivity contribution in [3.63, 3.8) is 0 Å². The molecular weight excluding hydrogens is 258 g/mol. The molecule has 0 fully saturated rings. The maximum absolute atomic E-state index is 11.4. The number of rotatable bonds is 6. The molecular formula is C10H12N3O6-. The highest BCUT2D eigenvalue weighted by atomic mass is 16.6. The van der Waals surface area contributed by atoms with Gasteiger partial charge in [0.15, 0.2) is 0 Å². The number of hydrazine groups is 1. The lowest BCUT2D eigenvalue weighted by atomic mass is 10.3. The fourth-order valence-electron chi connectivity index (χ4n) is 1.03. The molecule has 0 atom stereocenters. The molecule has 0 aromatic carbocycles. The fraction of sp³-hybridized carbons (Fsp3) is 0.400. The van der Waals surface area contributed by atoms with Crippen molar-refractivity contribution >= 4 is 17.8 Å². The van der Waals surface area contributed by atoms with Crippen LogP contribution in [0.5, 0.6) is 5.95 Å². The number of hydrogen-bond donors (Lipinski definition) is 2. The van der Waals surface area contributed by atoms with Gasteiger partial charge in [0.2, 0.25) is 5.91 Å². The summed E-state index contributed by atoms with van der Waals surface area (Å²) < 4.78 is 9.87. The lowest BCUT2D eigenvalue weighted by molar-refractivity contribution is -0.305. The minimum Gasteiger partial charge on any atom is -0.550 e. The average molecular weight is 270 g/mol. The molecule has 19 heavy (non-hydrogen) atoms. The molecule has 2 amide bonds. The molecule has 0 saturated heterocycles. The summed E-state index contributed by atoms with van der Waals surface area (Å²) in [5.41, 5.74) is 4.02. The topological polar surface area (TPSA) is 134 Å². The first-order valence-electron chi connectivity index (χ1n) is 5.40. The first kappa shape index (κ1) is 14.5. The second-order valence-electron chi connectivity index (χ2n) is 3.29. The van der Waals surface area contributed by atoms with Crippen molar-refractivity contribution in [2.24, 2.45) is 0 Å². The summed E-state index contributed by atoms with van der Waals surface area (Å²) in [5.74, 6) is -3.02. The van der Waals surface area contributed by atoms with Crippen LogP contribution < -0.4 is 20.7 Å². The standard InChI is InChI=1S/C10H13N3O6/c1-2-18-8-5-11-10(19-8)9(17)13-12-6(14)3-4-7(15)16/h5H,2-4H2,1H3,(H,12,14)(H,13,17)(H,15,16)/p-1. The van der Waals surface area contributed by atoms with Crippen molar-refractivity contribution in [1.82, 2.24) is 15.8 Å². The van der Waals surface area contributed by atoms with Gasteiger partial charge in [0.05, 0.1) is 6.61 Å². The number of aromatic nitrogens is 1. The maximum Gasteiger partial charge on any atom is 0.325 e. The van der Waals surface area contributed by atoms with E-state index in [4.69, 9.17) is 9.15 Å². The van der Waals surface area contributed by atoms with Crippen molar-refractivity contribution in [2.75, 3.05) is 6.61 Å². The number of hydrogen-bond acceptors (Lipinski definition) is 7. The normalized spacial score (nSPS) is 9.74. The van der Waals surface area contributed by atoms with E-state index in [1.807, 2.05) is 10.9 Å². The Bertz CT molecular complexity index is 470. The van der Waals surface area contributed by atoms with E-state index in [-0.39, 0.29) is 18.3 Å². The number of oxazole rings is 1. The minimum absolute atomic E-state index is 0.0796. The number of amides is 2. The molecule has 1 aromatic heterocycles. The van der Waals surface area contributed by atoms with Gasteiger partial charge in [0, 0.05) is 12.4 Å². The third-order valence-corrected chi connectivity index (χ3v) is 1.84. The highest BCUT2D eigenvalue weighted by Crippen LogP contribution is 2.11. The predicted molar refractivity (Wildman–Crippen MR) is 57.5 cm³/mol. The molecule has 0 aliphatic heterocycles. The lowest BCUT2D eigenvalue weighted by Crippen LogP contribution is -2.42. The SMILES string of the molecule is CCOc1cnc(C(=O)NNC(=O)CCC(=O)[O-])o1. The van der Waals surface area contributed by atoms with E-state index in [0.717, 1.165) is 0 Å². The predicted octanol–water partition coefficient (Wildman–Crippen LogP) is -1.64. The van der Waals surface area contributed by atoms with E-state index in [0.29, 0.717) is 6.61 Å². The van der Waals surface area contributed by atoms with Gasteiger partial charge < -0.3 is 19.1 Å². The van der Waals surface area contributed by atoms with E-state index < -0.39 is 24.2 Å². The number of aliphatic carboxylic acids is 1. The van der Waals surface area contributed by atoms with Crippen molar-refractivity contribution in [3.8, 4) is 5.95 Å². The molecule has 2 N–H and O–H groups in total. The van der Waals surface area contributed by atoms with Crippen LogP contribution in [0.3, 0.4) is 0 Å². The molecule has 0 radical (unpaired) electrons. The first-order chi connectivity index (χ1) is 9.02. The Morgan fingerprint density at radius 3 is 2.74 bits per heavy atom. The van der Waals surface area contributed by atoms with Gasteiger partial charge in [-0.15, -0.1) is 0 Å². The molecule has 9 nitrogen and oxygen atoms in total. The summed E-state index contributed by atoms with van der Waals surface area (Å²) in [5, 5.41) is 10.1. The summed E-state index contributed by atoms with van der Waals surface area (Å²) in [4.78, 5) is 36.3. The van der Waals surface area contributed by atoms with E-state index in [9.17, 15) is 19.5 Å². The minimum atomic E-state index is -1.35. The second-order valence-corrected chi connectivity index (χ2v) is 3.29. The Kier molecular flexibility index (Phi) is 5.33. The van der Waals surface area contributed by atoms with E-state index in [1.54, 1.807) is 6.92 Å². The fourth-order valence-corrected chi connectivity index (χ4v) is 1.03. The van der Waals surface area contributed by atoms with Crippen LogP contribution in [0.1, 0.15) is 30.5 Å². The van der Waals surface area contributed by atoms with Gasteiger partial charge in [-0.3, -0.25) is 20.4 Å². The van der Waals surface area contributed by atoms with Gasteiger partial charge in [-0.25, -0.2) is 4.98 Å². The lowest BCUT2D eigenvalue weighted by Gasteiger charge is -2.05. The van der Waals surface area contributed by atoms with Crippen LogP contribution in [0.25, 0.3) is 0 Å². The Balaban J connectivity index is 2.37. The number of ether oxygens (including phenoxy) is 1. The van der Waals surface area contributed by atoms with Crippen LogP contribution in [-0.2, 0) is 9.59 Å². The van der Waals surface area contributed by atoms with Crippen molar-refractivity contribution in [2.45, 2.75) is 19.8 Å². The summed E-state index contributed by atoms with van der Waals surface area (Å²) in [6.45, 7) is 2.09. The van der Waals surface area contributed by atoms with Gasteiger partial charge in [-0.2, -0.15) is 0 Å². The molecule has 1 heterocycles. The molecule has 0 spiro atoms. The smallest absolute Gasteiger partial charge is 0.325 e. The molecule has 104 valence electrons. The Morgan fingerprint density at radius 2 is 2.11 bits per heavy atom. The van der Waals surface area contributed by atoms with Crippen LogP contribution in [-0.4, -0.2) is 29.4 Å². The van der Waals surface area contributed by atoms with Crippen LogP contribution in [0.15, 0.2) is 10.6 Å². The Hall–Kier alpha value is -2.58. The first-order valence-corrected chi connectivity index (χ1v) is 5.40. The second kappa shape index (κ2) is 6.99. The van der Waals surface area contributed by atoms with Crippen LogP contribution in [0, 0.1) is 0 Å². The summed E-state index contributed by atoms with van der Waals surface area (Å²) in [6, 6.07) is 0. The molecule has 0 unspecified atom stereocenters. The highest BCUT2D eigenvalue weighted by molar-refractivity contribution is 5.91. The monoisotopic (exact) mass is 270 g/mol. The molecule has 0 aliphatic carbocycles. The number of carboxylic acid groups (broad SMARTS) is 1. The van der Waals surface area contributed by atoms with Gasteiger partial charge >= 0.3 is 11.9 Å². The third-order valence-electron chi connectivity index (χ3n) is 1.84. The van der Waals surface area contributed by atoms with Gasteiger partial charge in [-0.05, 0) is 13.3 Å². The van der Waals surface area contributed by atoms with Crippen molar-refractivity contribution < 1.29 is 28.6 Å². The van der Waals surface area contributed by atoms with E-state index >= 15 is 0 Å². The van der Waals surface area contributed by atoms with E-state index in [2.05, 4.69) is 4.98 Å². The molecule has 0 saturated carbocycles. The highest BCUT2D eigenvalue weighted by Gasteiger charge is 2.14. The van der Waals surface area contributed by atoms with Crippen LogP contribution in [0.2, 0.25) is 0 Å². The van der Waals surface area contributed by atoms with Gasteiger partial charge in [0.25, 0.3) is 5.89 Å². The maximum atomic E-state index is 11.4. The molecule has 1 rings (SSSR count). The van der Waals surface area contributed by atoms with Crippen LogP contribution in [0.4, 0.5) is 0 Å². The molecule has 1 aromatic rings. The molecule has 0 aliphatic rings. The van der Waals surface area contributed by atoms with Crippen molar-refractivity contribution in [1.29, 1.82) is 0 Å². The number of carbonyl (C=O) groups excluding carboxylic acids is 3. The Labute approximate surface area is 107 Å². The van der Waals surface area contributed by atoms with Crippen LogP contribution >= 0.6 is 0 Å². The zero-order valence-corrected chi connectivity index (χ0v) is 10.1. The number of carboxylic acids is 1. The summed E-state index contributed by atoms with van der Waals surface area (Å²) >= 11 is 0. The van der Waals surface area contributed by atoms with Gasteiger partial charge in [-0.1, -0.05) is 0 Å². The van der Waals surface area contributed by atoms with E-state index in [1.165, 1.54) is 6.20 Å². The zero-order valence-electron chi connectivity index (χ0n) is 10.1. The average Bonchev–Trinajstić information content (AvgIpc) is 2.82. The number of nitrogens with zero attached hydrogens (tertiary/aromatic N) is 1. The molecule has 0 bridgehead atoms. The third kappa shape index (κ3) is 5.06. The number of carbonyl (C=O) groups is 3. The Morgan fingerprint density at radius 1 is 1.37 bits per heavy atom. The van der Waals surface area contributed by atoms with Gasteiger partial charge in [0.1, 0.15) is 6.20 Å². The largest absolute Gasteiger partial charge is 0.550 e. The molecule has 9 heteroatoms. The quantitative estimate of drug-likeness (QED) is 0.592. The zero-order chi connectivity index (χ0) is 14.3. The van der Waals surface area contributed by atoms with Crippen molar-refractivity contribution in [3.05, 3.63) is 12.1 Å².